The van der Waals surface area contributed by atoms with E-state index in [0.717, 1.165) is 5.56 Å². The largest absolute Gasteiger partial charge is 0.347 e. The van der Waals surface area contributed by atoms with Crippen molar-refractivity contribution < 1.29 is 9.59 Å². The number of nitrogens with zero attached hydrogens (tertiary/aromatic N) is 3. The molecule has 0 aromatic carbocycles. The molecule has 6 nitrogen and oxygen atoms in total. The summed E-state index contributed by atoms with van der Waals surface area (Å²) in [6.07, 6.45) is 3.42. The lowest BCUT2D eigenvalue weighted by Crippen LogP contribution is -2.35. The summed E-state index contributed by atoms with van der Waals surface area (Å²) in [6.45, 7) is 1.89. The maximum atomic E-state index is 12.2. The van der Waals surface area contributed by atoms with E-state index in [-0.39, 0.29) is 18.4 Å². The lowest BCUT2D eigenvalue weighted by Gasteiger charge is -2.17. The Balaban J connectivity index is 1.96. The number of hydrogen-bond donors (Lipinski definition) is 1. The molecule has 0 bridgehead atoms. The highest BCUT2D eigenvalue weighted by molar-refractivity contribution is 5.98. The summed E-state index contributed by atoms with van der Waals surface area (Å²) in [5, 5.41) is 2.68. The van der Waals surface area contributed by atoms with E-state index in [4.69, 9.17) is 0 Å². The molecule has 0 aliphatic rings. The summed E-state index contributed by atoms with van der Waals surface area (Å²) in [5.74, 6) is 0.00715. The van der Waals surface area contributed by atoms with Gasteiger partial charge in [-0.1, -0.05) is 0 Å². The van der Waals surface area contributed by atoms with Gasteiger partial charge in [-0.25, -0.2) is 4.98 Å². The zero-order valence-electron chi connectivity index (χ0n) is 12.3. The molecule has 0 unspecified atom stereocenters. The van der Waals surface area contributed by atoms with E-state index in [1.165, 1.54) is 4.90 Å². The van der Waals surface area contributed by atoms with Crippen molar-refractivity contribution in [2.75, 3.05) is 18.9 Å². The minimum Gasteiger partial charge on any atom is -0.347 e. The first-order valence-electron chi connectivity index (χ1n) is 6.56. The molecule has 0 fully saturated rings. The number of amides is 2. The standard InChI is InChI=1S/C15H18N4O2/c1-11-6-7-16-13(9-11)17-14(20)10-19(3)15(21)12-5-4-8-18(12)2/h4-9H,10H2,1-3H3,(H,16,17,20). The number of aryl methyl sites for hydroxylation is 2. The normalized spacial score (nSPS) is 10.2. The van der Waals surface area contributed by atoms with Gasteiger partial charge in [-0.05, 0) is 36.8 Å². The Morgan fingerprint density at radius 3 is 2.76 bits per heavy atom. The number of aromatic nitrogens is 2. The van der Waals surface area contributed by atoms with Crippen LogP contribution in [0.4, 0.5) is 5.82 Å². The molecule has 0 saturated carbocycles. The third kappa shape index (κ3) is 3.68. The zero-order valence-corrected chi connectivity index (χ0v) is 12.3. The minimum atomic E-state index is -0.279. The molecule has 0 saturated heterocycles. The predicted octanol–water partition coefficient (Wildman–Crippen LogP) is 1.44. The van der Waals surface area contributed by atoms with E-state index in [0.29, 0.717) is 11.5 Å². The second-order valence-corrected chi connectivity index (χ2v) is 4.93. The maximum Gasteiger partial charge on any atom is 0.270 e. The second kappa shape index (κ2) is 6.21. The van der Waals surface area contributed by atoms with Crippen molar-refractivity contribution in [1.82, 2.24) is 14.5 Å². The molecule has 2 aromatic heterocycles. The molecule has 0 radical (unpaired) electrons. The molecular weight excluding hydrogens is 268 g/mol. The Morgan fingerprint density at radius 1 is 1.38 bits per heavy atom. The van der Waals surface area contributed by atoms with Crippen LogP contribution < -0.4 is 5.32 Å². The molecule has 6 heteroatoms. The van der Waals surface area contributed by atoms with Crippen LogP contribution in [-0.4, -0.2) is 39.9 Å². The van der Waals surface area contributed by atoms with Gasteiger partial charge in [0.15, 0.2) is 0 Å². The van der Waals surface area contributed by atoms with E-state index in [9.17, 15) is 9.59 Å². The molecule has 0 aliphatic carbocycles. The molecule has 110 valence electrons. The molecule has 2 heterocycles. The highest BCUT2D eigenvalue weighted by Gasteiger charge is 2.17. The first kappa shape index (κ1) is 14.8. The molecule has 1 N–H and O–H groups in total. The quantitative estimate of drug-likeness (QED) is 0.924. The Hall–Kier alpha value is -2.63. The fraction of sp³-hybridized carbons (Fsp3) is 0.267. The van der Waals surface area contributed by atoms with Gasteiger partial charge in [0.2, 0.25) is 5.91 Å². The van der Waals surface area contributed by atoms with Crippen molar-refractivity contribution >= 4 is 17.6 Å². The van der Waals surface area contributed by atoms with Gasteiger partial charge in [0.05, 0.1) is 6.54 Å². The van der Waals surface area contributed by atoms with Gasteiger partial charge >= 0.3 is 0 Å². The van der Waals surface area contributed by atoms with Crippen LogP contribution in [0, 0.1) is 6.92 Å². The zero-order chi connectivity index (χ0) is 15.4. The van der Waals surface area contributed by atoms with Crippen LogP contribution in [0.3, 0.4) is 0 Å². The van der Waals surface area contributed by atoms with Gasteiger partial charge in [-0.15, -0.1) is 0 Å². The number of carbonyl (C=O) groups is 2. The first-order chi connectivity index (χ1) is 9.97. The Bertz CT molecular complexity index is 663. The Labute approximate surface area is 123 Å². The van der Waals surface area contributed by atoms with Gasteiger partial charge in [-0.3, -0.25) is 9.59 Å². The summed E-state index contributed by atoms with van der Waals surface area (Å²) in [5.41, 5.74) is 1.55. The van der Waals surface area contributed by atoms with Gasteiger partial charge in [0.1, 0.15) is 11.5 Å². The fourth-order valence-corrected chi connectivity index (χ4v) is 1.95. The van der Waals surface area contributed by atoms with Gasteiger partial charge < -0.3 is 14.8 Å². The molecule has 0 aliphatic heterocycles. The summed E-state index contributed by atoms with van der Waals surface area (Å²) in [7, 11) is 3.39. The molecule has 2 rings (SSSR count). The van der Waals surface area contributed by atoms with Crippen LogP contribution in [0.25, 0.3) is 0 Å². The Kier molecular flexibility index (Phi) is 4.37. The summed E-state index contributed by atoms with van der Waals surface area (Å²) >= 11 is 0. The molecule has 0 atom stereocenters. The van der Waals surface area contributed by atoms with Crippen LogP contribution in [0.2, 0.25) is 0 Å². The molecule has 2 amide bonds. The van der Waals surface area contributed by atoms with E-state index in [1.807, 2.05) is 13.0 Å². The van der Waals surface area contributed by atoms with Crippen molar-refractivity contribution in [3.63, 3.8) is 0 Å². The highest BCUT2D eigenvalue weighted by atomic mass is 16.2. The van der Waals surface area contributed by atoms with Crippen molar-refractivity contribution in [3.8, 4) is 0 Å². The maximum absolute atomic E-state index is 12.2. The predicted molar refractivity (Wildman–Crippen MR) is 80.0 cm³/mol. The van der Waals surface area contributed by atoms with Gasteiger partial charge in [0, 0.05) is 26.5 Å². The van der Waals surface area contributed by atoms with E-state index < -0.39 is 0 Å². The highest BCUT2D eigenvalue weighted by Crippen LogP contribution is 2.06. The first-order valence-corrected chi connectivity index (χ1v) is 6.56. The number of carbonyl (C=O) groups excluding carboxylic acids is 2. The average Bonchev–Trinajstić information content (AvgIpc) is 2.83. The number of hydrogen-bond acceptors (Lipinski definition) is 3. The number of pyridine rings is 1. The molecule has 2 aromatic rings. The van der Waals surface area contributed by atoms with Crippen molar-refractivity contribution in [2.45, 2.75) is 6.92 Å². The second-order valence-electron chi connectivity index (χ2n) is 4.93. The fourth-order valence-electron chi connectivity index (χ4n) is 1.95. The van der Waals surface area contributed by atoms with Gasteiger partial charge in [0.25, 0.3) is 5.91 Å². The SMILES string of the molecule is Cc1ccnc(NC(=O)CN(C)C(=O)c2cccn2C)c1. The summed E-state index contributed by atoms with van der Waals surface area (Å²) in [6, 6.07) is 7.13. The van der Waals surface area contributed by atoms with Crippen LogP contribution >= 0.6 is 0 Å². The van der Waals surface area contributed by atoms with Crippen molar-refractivity contribution in [3.05, 3.63) is 47.9 Å². The van der Waals surface area contributed by atoms with Gasteiger partial charge in [-0.2, -0.15) is 0 Å². The van der Waals surface area contributed by atoms with E-state index >= 15 is 0 Å². The smallest absolute Gasteiger partial charge is 0.270 e. The third-order valence-electron chi connectivity index (χ3n) is 3.07. The molecule has 21 heavy (non-hydrogen) atoms. The van der Waals surface area contributed by atoms with Crippen LogP contribution in [0.1, 0.15) is 16.1 Å². The monoisotopic (exact) mass is 286 g/mol. The summed E-state index contributed by atoms with van der Waals surface area (Å²) < 4.78 is 1.72. The topological polar surface area (TPSA) is 67.2 Å². The molecular formula is C15H18N4O2. The number of nitrogens with one attached hydrogen (secondary N) is 1. The minimum absolute atomic E-state index is 0.0281. The number of likely N-dealkylation sites (N-methyl/N-ethyl adjacent to an activating group) is 1. The average molecular weight is 286 g/mol. The molecule has 0 spiro atoms. The third-order valence-corrected chi connectivity index (χ3v) is 3.07. The lowest BCUT2D eigenvalue weighted by molar-refractivity contribution is -0.116. The van der Waals surface area contributed by atoms with Crippen molar-refractivity contribution in [1.29, 1.82) is 0 Å². The van der Waals surface area contributed by atoms with Crippen LogP contribution in [-0.2, 0) is 11.8 Å². The summed E-state index contributed by atoms with van der Waals surface area (Å²) in [4.78, 5) is 29.6. The van der Waals surface area contributed by atoms with Crippen molar-refractivity contribution in [2.24, 2.45) is 7.05 Å². The van der Waals surface area contributed by atoms with Crippen LogP contribution in [0.15, 0.2) is 36.7 Å². The van der Waals surface area contributed by atoms with E-state index in [2.05, 4.69) is 10.3 Å². The lowest BCUT2D eigenvalue weighted by atomic mass is 10.3. The number of anilines is 1. The van der Waals surface area contributed by atoms with E-state index in [1.54, 1.807) is 49.3 Å². The Morgan fingerprint density at radius 2 is 2.14 bits per heavy atom. The number of rotatable bonds is 4. The van der Waals surface area contributed by atoms with Crippen LogP contribution in [0.5, 0.6) is 0 Å².